The zero-order chi connectivity index (χ0) is 28.7. The lowest BCUT2D eigenvalue weighted by Gasteiger charge is -2.45. The van der Waals surface area contributed by atoms with E-state index in [0.29, 0.717) is 37.7 Å². The number of hydrogen-bond acceptors (Lipinski definition) is 5. The number of carbonyl (C=O) groups excluding carboxylic acids is 1. The zero-order valence-electron chi connectivity index (χ0n) is 22.9. The molecule has 1 aliphatic carbocycles. The average molecular weight is 551 g/mol. The molecule has 0 bridgehead atoms. The number of pyridine rings is 1. The summed E-state index contributed by atoms with van der Waals surface area (Å²) in [5.41, 5.74) is 1.34. The van der Waals surface area contributed by atoms with E-state index in [2.05, 4.69) is 10.2 Å². The molecule has 0 unspecified atom stereocenters. The van der Waals surface area contributed by atoms with Crippen molar-refractivity contribution < 1.29 is 18.0 Å². The fourth-order valence-electron chi connectivity index (χ4n) is 5.86. The monoisotopic (exact) mass is 550 g/mol. The van der Waals surface area contributed by atoms with Crippen molar-refractivity contribution in [2.24, 2.45) is 7.05 Å². The molecule has 2 aliphatic rings. The van der Waals surface area contributed by atoms with E-state index in [1.807, 2.05) is 67.1 Å². The summed E-state index contributed by atoms with van der Waals surface area (Å²) in [6.07, 6.45) is 1.88. The Kier molecular flexibility index (Phi) is 7.36. The normalized spacial score (nSPS) is 20.6. The number of nitrogens with one attached hydrogen (secondary N) is 1. The first-order chi connectivity index (χ1) is 19.0. The Hall–Kier alpha value is -3.84. The van der Waals surface area contributed by atoms with Gasteiger partial charge >= 0.3 is 6.18 Å². The van der Waals surface area contributed by atoms with Crippen LogP contribution >= 0.6 is 0 Å². The summed E-state index contributed by atoms with van der Waals surface area (Å²) < 4.78 is 41.7. The summed E-state index contributed by atoms with van der Waals surface area (Å²) in [6.45, 7) is 0.829. The Morgan fingerprint density at radius 3 is 2.42 bits per heavy atom. The molecule has 1 N–H and O–H groups in total. The molecule has 0 atom stereocenters. The second-order valence-corrected chi connectivity index (χ2v) is 11.1. The van der Waals surface area contributed by atoms with Crippen molar-refractivity contribution in [2.45, 2.75) is 49.4 Å². The van der Waals surface area contributed by atoms with Crippen molar-refractivity contribution in [3.05, 3.63) is 71.5 Å². The number of amides is 1. The third kappa shape index (κ3) is 5.18. The number of piperidine rings is 1. The van der Waals surface area contributed by atoms with Gasteiger partial charge in [-0.25, -0.2) is 0 Å². The molecule has 1 saturated heterocycles. The first kappa shape index (κ1) is 27.7. The van der Waals surface area contributed by atoms with Crippen LogP contribution in [-0.4, -0.2) is 59.6 Å². The van der Waals surface area contributed by atoms with Crippen molar-refractivity contribution in [3.63, 3.8) is 0 Å². The highest BCUT2D eigenvalue weighted by Crippen LogP contribution is 2.40. The van der Waals surface area contributed by atoms with E-state index in [0.717, 1.165) is 41.9 Å². The van der Waals surface area contributed by atoms with Crippen LogP contribution in [0.1, 0.15) is 42.4 Å². The first-order valence-electron chi connectivity index (χ1n) is 13.4. The number of aryl methyl sites for hydroxylation is 1. The van der Waals surface area contributed by atoms with Crippen LogP contribution in [0.25, 0.3) is 11.4 Å². The Morgan fingerprint density at radius 1 is 1.15 bits per heavy atom. The molecule has 7 nitrogen and oxygen atoms in total. The van der Waals surface area contributed by atoms with Crippen LogP contribution < -0.4 is 10.2 Å². The number of carbonyl (C=O) groups is 1. The van der Waals surface area contributed by atoms with Gasteiger partial charge in [-0.05, 0) is 81.7 Å². The summed E-state index contributed by atoms with van der Waals surface area (Å²) in [5.74, 6) is -0.0456. The van der Waals surface area contributed by atoms with E-state index in [1.54, 1.807) is 6.20 Å². The topological polar surface area (TPSA) is 77.2 Å². The molecule has 10 heteroatoms. The summed E-state index contributed by atoms with van der Waals surface area (Å²) in [6, 6.07) is 13.6. The molecule has 40 heavy (non-hydrogen) atoms. The summed E-state index contributed by atoms with van der Waals surface area (Å²) in [5, 5.41) is 12.9. The zero-order valence-corrected chi connectivity index (χ0v) is 22.9. The molecule has 3 heterocycles. The lowest BCUT2D eigenvalue weighted by Crippen LogP contribution is -2.58. The van der Waals surface area contributed by atoms with Gasteiger partial charge in [0.15, 0.2) is 0 Å². The molecule has 0 radical (unpaired) electrons. The van der Waals surface area contributed by atoms with E-state index in [1.165, 1.54) is 6.07 Å². The van der Waals surface area contributed by atoms with Crippen LogP contribution in [0.3, 0.4) is 0 Å². The van der Waals surface area contributed by atoms with Gasteiger partial charge in [0.05, 0.1) is 33.6 Å². The van der Waals surface area contributed by atoms with E-state index < -0.39 is 17.2 Å². The number of rotatable bonds is 6. The summed E-state index contributed by atoms with van der Waals surface area (Å²) in [7, 11) is 6.03. The Balaban J connectivity index is 1.41. The lowest BCUT2D eigenvalue weighted by molar-refractivity contribution is -0.137. The van der Waals surface area contributed by atoms with Crippen molar-refractivity contribution >= 4 is 11.6 Å². The Morgan fingerprint density at radius 2 is 1.88 bits per heavy atom. The number of benzene rings is 1. The van der Waals surface area contributed by atoms with Gasteiger partial charge in [-0.2, -0.15) is 18.4 Å². The van der Waals surface area contributed by atoms with Crippen LogP contribution in [0.2, 0.25) is 0 Å². The fraction of sp³-hybridized carbons (Fsp3) is 0.433. The van der Waals surface area contributed by atoms with E-state index in [9.17, 15) is 23.2 Å². The smallest absolute Gasteiger partial charge is 0.370 e. The highest BCUT2D eigenvalue weighted by molar-refractivity contribution is 5.89. The lowest BCUT2D eigenvalue weighted by atomic mass is 9.71. The van der Waals surface area contributed by atoms with Gasteiger partial charge in [-0.3, -0.25) is 9.78 Å². The van der Waals surface area contributed by atoms with Gasteiger partial charge < -0.3 is 19.7 Å². The minimum absolute atomic E-state index is 0.0236. The Bertz CT molecular complexity index is 1410. The van der Waals surface area contributed by atoms with Crippen LogP contribution in [0.5, 0.6) is 0 Å². The van der Waals surface area contributed by atoms with Crippen LogP contribution in [-0.2, 0) is 23.4 Å². The van der Waals surface area contributed by atoms with E-state index in [-0.39, 0.29) is 17.5 Å². The number of alkyl halides is 3. The standard InChI is InChI=1S/C30H33F3N6O/c1-37(2)24-16-23(17-24)36-28(40)29(22-6-8-25(35-19-22)27-5-4-12-38(27)3)10-13-39(14-11-29)26-9-7-21(30(31,32)33)15-20(26)18-34/h4-9,12,15,19,23-24H,10-11,13-14,16-17H2,1-3H3,(H,36,40). The maximum Gasteiger partial charge on any atom is 0.416 e. The molecule has 3 aromatic rings. The highest BCUT2D eigenvalue weighted by atomic mass is 19.4. The van der Waals surface area contributed by atoms with Gasteiger partial charge in [0.1, 0.15) is 6.07 Å². The third-order valence-electron chi connectivity index (χ3n) is 8.54. The van der Waals surface area contributed by atoms with Crippen LogP contribution in [0, 0.1) is 11.3 Å². The molecular weight excluding hydrogens is 517 g/mol. The van der Waals surface area contributed by atoms with Crippen molar-refractivity contribution in [2.75, 3.05) is 32.1 Å². The van der Waals surface area contributed by atoms with Crippen molar-refractivity contribution in [1.82, 2.24) is 19.8 Å². The quantitative estimate of drug-likeness (QED) is 0.481. The summed E-state index contributed by atoms with van der Waals surface area (Å²) >= 11 is 0. The Labute approximate surface area is 232 Å². The van der Waals surface area contributed by atoms with E-state index >= 15 is 0 Å². The maximum atomic E-state index is 13.9. The fourth-order valence-corrected chi connectivity index (χ4v) is 5.86. The molecule has 1 saturated carbocycles. The number of aromatic nitrogens is 2. The molecule has 2 fully saturated rings. The second-order valence-electron chi connectivity index (χ2n) is 11.1. The molecule has 0 spiro atoms. The predicted molar refractivity (Wildman–Crippen MR) is 147 cm³/mol. The molecule has 1 aromatic carbocycles. The SMILES string of the molecule is CN(C)C1CC(NC(=O)C2(c3ccc(-c4cccn4C)nc3)CCN(c3ccc(C(F)(F)F)cc3C#N)CC2)C1. The number of hydrogen-bond donors (Lipinski definition) is 1. The van der Waals surface area contributed by atoms with Gasteiger partial charge in [0, 0.05) is 44.6 Å². The van der Waals surface area contributed by atoms with Crippen molar-refractivity contribution in [3.8, 4) is 17.5 Å². The van der Waals surface area contributed by atoms with Crippen LogP contribution in [0.15, 0.2) is 54.9 Å². The number of nitrogens with zero attached hydrogens (tertiary/aromatic N) is 5. The molecule has 210 valence electrons. The maximum absolute atomic E-state index is 13.9. The minimum Gasteiger partial charge on any atom is -0.370 e. The largest absolute Gasteiger partial charge is 0.416 e. The first-order valence-corrected chi connectivity index (χ1v) is 13.4. The molecule has 1 amide bonds. The molecule has 1 aliphatic heterocycles. The van der Waals surface area contributed by atoms with Gasteiger partial charge in [0.25, 0.3) is 0 Å². The summed E-state index contributed by atoms with van der Waals surface area (Å²) in [4.78, 5) is 22.7. The third-order valence-corrected chi connectivity index (χ3v) is 8.54. The second kappa shape index (κ2) is 10.6. The predicted octanol–water partition coefficient (Wildman–Crippen LogP) is 4.72. The van der Waals surface area contributed by atoms with Gasteiger partial charge in [-0.1, -0.05) is 6.07 Å². The number of nitriles is 1. The minimum atomic E-state index is -4.52. The van der Waals surface area contributed by atoms with E-state index in [4.69, 9.17) is 4.98 Å². The molecule has 5 rings (SSSR count). The molecular formula is C30H33F3N6O. The average Bonchev–Trinajstić information content (AvgIpc) is 3.35. The highest BCUT2D eigenvalue weighted by Gasteiger charge is 2.45. The molecule has 2 aromatic heterocycles. The van der Waals surface area contributed by atoms with Crippen molar-refractivity contribution in [1.29, 1.82) is 5.26 Å². The number of halogens is 3. The number of anilines is 1. The van der Waals surface area contributed by atoms with Crippen LogP contribution in [0.4, 0.5) is 18.9 Å². The van der Waals surface area contributed by atoms with Gasteiger partial charge in [0.2, 0.25) is 5.91 Å². The van der Waals surface area contributed by atoms with Gasteiger partial charge in [-0.15, -0.1) is 0 Å².